The standard InChI is InChI=1S/C25H26BrFN4O2/c1-15-12-31(13-16(2)30-15)25(32)18-5-3-17(4-6-18)19-10-23(24(28)29-11-19)33-14-20-9-21(27)7-8-22(20)26/h3-11,15-16,30H,12-14H2,1-2H3,(H2,28,29). The number of amides is 1. The average molecular weight is 513 g/mol. The maximum absolute atomic E-state index is 13.5. The van der Waals surface area contributed by atoms with Gasteiger partial charge in [-0.15, -0.1) is 0 Å². The second kappa shape index (κ2) is 9.89. The predicted octanol–water partition coefficient (Wildman–Crippen LogP) is 4.63. The topological polar surface area (TPSA) is 80.5 Å². The molecule has 2 aromatic carbocycles. The zero-order valence-electron chi connectivity index (χ0n) is 18.5. The number of nitrogens with zero attached hydrogens (tertiary/aromatic N) is 2. The van der Waals surface area contributed by atoms with Crippen molar-refractivity contribution in [2.45, 2.75) is 32.5 Å². The number of nitrogens with two attached hydrogens (primary N) is 1. The number of carbonyl (C=O) groups is 1. The van der Waals surface area contributed by atoms with Gasteiger partial charge in [-0.2, -0.15) is 0 Å². The first-order valence-corrected chi connectivity index (χ1v) is 11.6. The number of aromatic nitrogens is 1. The fourth-order valence-corrected chi connectivity index (χ4v) is 4.38. The molecule has 1 amide bonds. The molecule has 1 aliphatic heterocycles. The molecule has 0 aliphatic carbocycles. The number of nitrogen functional groups attached to an aromatic ring is 1. The van der Waals surface area contributed by atoms with Crippen LogP contribution < -0.4 is 15.8 Å². The first-order valence-electron chi connectivity index (χ1n) is 10.8. The molecule has 0 bridgehead atoms. The Morgan fingerprint density at radius 1 is 1.15 bits per heavy atom. The van der Waals surface area contributed by atoms with Gasteiger partial charge in [-0.25, -0.2) is 9.37 Å². The molecule has 2 heterocycles. The fraction of sp³-hybridized carbons (Fsp3) is 0.280. The summed E-state index contributed by atoms with van der Waals surface area (Å²) < 4.78 is 20.1. The smallest absolute Gasteiger partial charge is 0.253 e. The summed E-state index contributed by atoms with van der Waals surface area (Å²) in [6.07, 6.45) is 1.66. The number of ether oxygens (including phenoxy) is 1. The first kappa shape index (κ1) is 23.2. The van der Waals surface area contributed by atoms with Crippen LogP contribution in [0.4, 0.5) is 10.2 Å². The molecule has 1 saturated heterocycles. The quantitative estimate of drug-likeness (QED) is 0.520. The minimum absolute atomic E-state index is 0.0295. The van der Waals surface area contributed by atoms with Crippen LogP contribution in [-0.2, 0) is 6.61 Å². The minimum atomic E-state index is -0.337. The van der Waals surface area contributed by atoms with Crippen LogP contribution in [0.3, 0.4) is 0 Å². The Bertz CT molecular complexity index is 1150. The lowest BCUT2D eigenvalue weighted by atomic mass is 10.0. The maximum Gasteiger partial charge on any atom is 0.253 e. The van der Waals surface area contributed by atoms with Gasteiger partial charge in [-0.1, -0.05) is 28.1 Å². The largest absolute Gasteiger partial charge is 0.485 e. The van der Waals surface area contributed by atoms with E-state index in [1.807, 2.05) is 29.2 Å². The van der Waals surface area contributed by atoms with Crippen LogP contribution in [0.1, 0.15) is 29.8 Å². The Hall–Kier alpha value is -2.97. The van der Waals surface area contributed by atoms with Gasteiger partial charge in [0.2, 0.25) is 0 Å². The number of piperazine rings is 1. The molecule has 172 valence electrons. The van der Waals surface area contributed by atoms with Gasteiger partial charge in [0.1, 0.15) is 12.4 Å². The third-order valence-corrected chi connectivity index (χ3v) is 6.36. The number of hydrogen-bond donors (Lipinski definition) is 2. The summed E-state index contributed by atoms with van der Waals surface area (Å²) in [7, 11) is 0. The molecule has 3 N–H and O–H groups in total. The second-order valence-corrected chi connectivity index (χ2v) is 9.24. The highest BCUT2D eigenvalue weighted by atomic mass is 79.9. The predicted molar refractivity (Wildman–Crippen MR) is 130 cm³/mol. The highest BCUT2D eigenvalue weighted by Crippen LogP contribution is 2.29. The van der Waals surface area contributed by atoms with Crippen LogP contribution in [0, 0.1) is 5.82 Å². The molecular formula is C25H26BrFN4O2. The van der Waals surface area contributed by atoms with Crippen LogP contribution in [0.2, 0.25) is 0 Å². The number of anilines is 1. The highest BCUT2D eigenvalue weighted by Gasteiger charge is 2.25. The molecule has 3 aromatic rings. The first-order chi connectivity index (χ1) is 15.8. The monoisotopic (exact) mass is 512 g/mol. The summed E-state index contributed by atoms with van der Waals surface area (Å²) in [5.41, 5.74) is 9.00. The van der Waals surface area contributed by atoms with Gasteiger partial charge in [0, 0.05) is 52.5 Å². The van der Waals surface area contributed by atoms with Crippen molar-refractivity contribution >= 4 is 27.7 Å². The number of rotatable bonds is 5. The lowest BCUT2D eigenvalue weighted by Crippen LogP contribution is -2.55. The van der Waals surface area contributed by atoms with Gasteiger partial charge in [-0.3, -0.25) is 4.79 Å². The van der Waals surface area contributed by atoms with E-state index in [-0.39, 0.29) is 36.2 Å². The third-order valence-electron chi connectivity index (χ3n) is 5.58. The molecule has 0 radical (unpaired) electrons. The summed E-state index contributed by atoms with van der Waals surface area (Å²) in [5, 5.41) is 3.44. The number of pyridine rings is 1. The van der Waals surface area contributed by atoms with Gasteiger partial charge >= 0.3 is 0 Å². The lowest BCUT2D eigenvalue weighted by molar-refractivity contribution is 0.0674. The van der Waals surface area contributed by atoms with Gasteiger partial charge in [0.05, 0.1) is 0 Å². The normalized spacial score (nSPS) is 18.2. The van der Waals surface area contributed by atoms with E-state index in [9.17, 15) is 9.18 Å². The van der Waals surface area contributed by atoms with Crippen molar-refractivity contribution in [1.82, 2.24) is 15.2 Å². The second-order valence-electron chi connectivity index (χ2n) is 8.39. The Morgan fingerprint density at radius 2 is 1.85 bits per heavy atom. The van der Waals surface area contributed by atoms with E-state index in [1.54, 1.807) is 18.3 Å². The van der Waals surface area contributed by atoms with Gasteiger partial charge in [-0.05, 0) is 55.8 Å². The molecule has 1 fully saturated rings. The SMILES string of the molecule is CC1CN(C(=O)c2ccc(-c3cnc(N)c(OCc4cc(F)ccc4Br)c3)cc2)CC(C)N1. The Kier molecular flexibility index (Phi) is 6.95. The maximum atomic E-state index is 13.5. The molecule has 0 saturated carbocycles. The van der Waals surface area contributed by atoms with Gasteiger partial charge in [0.15, 0.2) is 11.6 Å². The highest BCUT2D eigenvalue weighted by molar-refractivity contribution is 9.10. The summed E-state index contributed by atoms with van der Waals surface area (Å²) >= 11 is 3.40. The minimum Gasteiger partial charge on any atom is -0.485 e. The molecule has 8 heteroatoms. The van der Waals surface area contributed by atoms with E-state index in [1.165, 1.54) is 12.1 Å². The van der Waals surface area contributed by atoms with Crippen molar-refractivity contribution in [3.8, 4) is 16.9 Å². The summed E-state index contributed by atoms with van der Waals surface area (Å²) in [6.45, 7) is 5.69. The third kappa shape index (κ3) is 5.51. The Labute approximate surface area is 201 Å². The van der Waals surface area contributed by atoms with Crippen molar-refractivity contribution in [3.05, 3.63) is 76.1 Å². The molecule has 2 unspecified atom stereocenters. The van der Waals surface area contributed by atoms with E-state index in [4.69, 9.17) is 10.5 Å². The van der Waals surface area contributed by atoms with Crippen molar-refractivity contribution in [3.63, 3.8) is 0 Å². The summed E-state index contributed by atoms with van der Waals surface area (Å²) in [4.78, 5) is 19.1. The number of carbonyl (C=O) groups excluding carboxylic acids is 1. The molecule has 0 spiro atoms. The van der Waals surface area contributed by atoms with Crippen LogP contribution in [-0.4, -0.2) is 41.0 Å². The molecule has 4 rings (SSSR count). The molecule has 1 aromatic heterocycles. The van der Waals surface area contributed by atoms with Crippen LogP contribution in [0.5, 0.6) is 5.75 Å². The fourth-order valence-electron chi connectivity index (χ4n) is 4.02. The van der Waals surface area contributed by atoms with Crippen molar-refractivity contribution < 1.29 is 13.9 Å². The molecular weight excluding hydrogens is 487 g/mol. The van der Waals surface area contributed by atoms with Crippen LogP contribution in [0.15, 0.2) is 59.2 Å². The summed E-state index contributed by atoms with van der Waals surface area (Å²) in [6, 6.07) is 14.2. The van der Waals surface area contributed by atoms with Crippen LogP contribution in [0.25, 0.3) is 11.1 Å². The number of nitrogens with one attached hydrogen (secondary N) is 1. The Balaban J connectivity index is 1.49. The number of halogens is 2. The zero-order chi connectivity index (χ0) is 23.5. The van der Waals surface area contributed by atoms with E-state index in [2.05, 4.69) is 40.1 Å². The zero-order valence-corrected chi connectivity index (χ0v) is 20.1. The average Bonchev–Trinajstić information content (AvgIpc) is 2.79. The summed E-state index contributed by atoms with van der Waals surface area (Å²) in [5.74, 6) is 0.352. The van der Waals surface area contributed by atoms with Gasteiger partial charge < -0.3 is 20.7 Å². The lowest BCUT2D eigenvalue weighted by Gasteiger charge is -2.36. The molecule has 6 nitrogen and oxygen atoms in total. The molecule has 1 aliphatic rings. The van der Waals surface area contributed by atoms with Gasteiger partial charge in [0.25, 0.3) is 5.91 Å². The molecule has 2 atom stereocenters. The van der Waals surface area contributed by atoms with Crippen molar-refractivity contribution in [1.29, 1.82) is 0 Å². The van der Waals surface area contributed by atoms with Crippen molar-refractivity contribution in [2.24, 2.45) is 0 Å². The van der Waals surface area contributed by atoms with E-state index in [0.29, 0.717) is 30.0 Å². The van der Waals surface area contributed by atoms with E-state index >= 15 is 0 Å². The molecule has 33 heavy (non-hydrogen) atoms. The number of hydrogen-bond acceptors (Lipinski definition) is 5. The number of benzene rings is 2. The van der Waals surface area contributed by atoms with Crippen molar-refractivity contribution in [2.75, 3.05) is 18.8 Å². The van der Waals surface area contributed by atoms with E-state index in [0.717, 1.165) is 15.6 Å². The Morgan fingerprint density at radius 3 is 2.55 bits per heavy atom. The van der Waals surface area contributed by atoms with Crippen LogP contribution >= 0.6 is 15.9 Å². The van der Waals surface area contributed by atoms with E-state index < -0.39 is 0 Å².